The fourth-order valence-electron chi connectivity index (χ4n) is 4.17. The highest BCUT2D eigenvalue weighted by Crippen LogP contribution is 2.32. The van der Waals surface area contributed by atoms with Crippen molar-refractivity contribution >= 4 is 34.2 Å². The number of carbonyl (C=O) groups excluding carboxylic acids is 3. The largest absolute Gasteiger partial charge is 0.493 e. The lowest BCUT2D eigenvalue weighted by molar-refractivity contribution is 0.0475. The summed E-state index contributed by atoms with van der Waals surface area (Å²) in [6.07, 6.45) is 1.62. The Morgan fingerprint density at radius 2 is 2.00 bits per heavy atom. The normalized spacial score (nSPS) is 17.2. The Labute approximate surface area is 200 Å². The van der Waals surface area contributed by atoms with E-state index in [1.807, 2.05) is 36.6 Å². The summed E-state index contributed by atoms with van der Waals surface area (Å²) < 4.78 is 11.2. The average Bonchev–Trinajstić information content (AvgIpc) is 3.58. The van der Waals surface area contributed by atoms with Gasteiger partial charge in [-0.3, -0.25) is 24.6 Å². The van der Waals surface area contributed by atoms with Gasteiger partial charge in [0.15, 0.2) is 5.13 Å². The smallest absolute Gasteiger partial charge is 0.261 e. The van der Waals surface area contributed by atoms with E-state index in [-0.39, 0.29) is 29.7 Å². The Bertz CT molecular complexity index is 1260. The Hall–Kier alpha value is -3.56. The first kappa shape index (κ1) is 22.2. The second-order valence-corrected chi connectivity index (χ2v) is 8.90. The molecule has 1 atom stereocenters. The minimum atomic E-state index is -0.403. The molecule has 1 unspecified atom stereocenters. The second kappa shape index (κ2) is 9.36. The van der Waals surface area contributed by atoms with Crippen LogP contribution in [0.25, 0.3) is 11.3 Å². The number of imide groups is 1. The molecule has 9 heteroatoms. The van der Waals surface area contributed by atoms with Gasteiger partial charge >= 0.3 is 0 Å². The molecule has 1 saturated heterocycles. The molecular weight excluding hydrogens is 454 g/mol. The lowest BCUT2D eigenvalue weighted by atomic mass is 10.1. The van der Waals surface area contributed by atoms with Gasteiger partial charge in [-0.05, 0) is 50.1 Å². The summed E-state index contributed by atoms with van der Waals surface area (Å²) in [5.41, 5.74) is 2.37. The summed E-state index contributed by atoms with van der Waals surface area (Å²) in [4.78, 5) is 44.2. The van der Waals surface area contributed by atoms with Gasteiger partial charge in [0.2, 0.25) is 0 Å². The van der Waals surface area contributed by atoms with Gasteiger partial charge in [0.1, 0.15) is 5.75 Å². The third-order valence-electron chi connectivity index (χ3n) is 5.83. The van der Waals surface area contributed by atoms with E-state index in [4.69, 9.17) is 9.47 Å². The number of ether oxygens (including phenoxy) is 2. The van der Waals surface area contributed by atoms with Crippen molar-refractivity contribution in [3.05, 3.63) is 64.5 Å². The number of aromatic nitrogens is 1. The molecule has 0 aliphatic carbocycles. The molecule has 1 N–H and O–H groups in total. The SMILES string of the molecule is CCOc1ccccc1-c1csc(NC(=O)c2ccc3c(c2)C(=O)N(CC2CCCO2)C3=O)n1. The summed E-state index contributed by atoms with van der Waals surface area (Å²) in [7, 11) is 0. The molecule has 0 saturated carbocycles. The molecule has 8 nitrogen and oxygen atoms in total. The van der Waals surface area contributed by atoms with Crippen LogP contribution in [0.1, 0.15) is 50.8 Å². The highest BCUT2D eigenvalue weighted by molar-refractivity contribution is 7.14. The number of hydrogen-bond donors (Lipinski definition) is 1. The number of nitrogens with zero attached hydrogens (tertiary/aromatic N) is 2. The van der Waals surface area contributed by atoms with Gasteiger partial charge in [0.05, 0.1) is 36.1 Å². The first-order valence-electron chi connectivity index (χ1n) is 11.2. The number of benzene rings is 2. The third kappa shape index (κ3) is 4.20. The fourth-order valence-corrected chi connectivity index (χ4v) is 4.88. The number of amides is 3. The van der Waals surface area contributed by atoms with E-state index >= 15 is 0 Å². The van der Waals surface area contributed by atoms with Gasteiger partial charge in [-0.2, -0.15) is 0 Å². The predicted molar refractivity (Wildman–Crippen MR) is 127 cm³/mol. The fraction of sp³-hybridized carbons (Fsp3) is 0.280. The molecule has 3 amide bonds. The van der Waals surface area contributed by atoms with Crippen LogP contribution >= 0.6 is 11.3 Å². The highest BCUT2D eigenvalue weighted by Gasteiger charge is 2.38. The van der Waals surface area contributed by atoms with Crippen LogP contribution in [-0.4, -0.2) is 53.5 Å². The maximum atomic E-state index is 12.9. The van der Waals surface area contributed by atoms with Gasteiger partial charge in [-0.1, -0.05) is 12.1 Å². The average molecular weight is 478 g/mol. The van der Waals surface area contributed by atoms with Crippen molar-refractivity contribution in [1.82, 2.24) is 9.88 Å². The number of rotatable bonds is 7. The molecule has 2 aliphatic heterocycles. The first-order valence-corrected chi connectivity index (χ1v) is 12.0. The minimum absolute atomic E-state index is 0.128. The molecular formula is C25H23N3O5S. The number of fused-ring (bicyclic) bond motifs is 1. The quantitative estimate of drug-likeness (QED) is 0.512. The van der Waals surface area contributed by atoms with E-state index in [2.05, 4.69) is 10.3 Å². The molecule has 0 radical (unpaired) electrons. The molecule has 1 fully saturated rings. The molecule has 174 valence electrons. The van der Waals surface area contributed by atoms with Crippen molar-refractivity contribution in [2.75, 3.05) is 25.1 Å². The zero-order valence-electron chi connectivity index (χ0n) is 18.6. The van der Waals surface area contributed by atoms with Crippen LogP contribution in [0.3, 0.4) is 0 Å². The summed E-state index contributed by atoms with van der Waals surface area (Å²) in [6.45, 7) is 3.34. The van der Waals surface area contributed by atoms with E-state index in [1.165, 1.54) is 28.4 Å². The van der Waals surface area contributed by atoms with Crippen molar-refractivity contribution in [1.29, 1.82) is 0 Å². The van der Waals surface area contributed by atoms with Crippen LogP contribution in [0.15, 0.2) is 47.8 Å². The molecule has 2 aliphatic rings. The molecule has 34 heavy (non-hydrogen) atoms. The van der Waals surface area contributed by atoms with Crippen molar-refractivity contribution in [3.63, 3.8) is 0 Å². The summed E-state index contributed by atoms with van der Waals surface area (Å²) in [5, 5.41) is 5.06. The van der Waals surface area contributed by atoms with E-state index in [0.29, 0.717) is 29.6 Å². The van der Waals surface area contributed by atoms with Crippen molar-refractivity contribution in [2.45, 2.75) is 25.9 Å². The lowest BCUT2D eigenvalue weighted by Gasteiger charge is -2.17. The maximum absolute atomic E-state index is 12.9. The Morgan fingerprint density at radius 3 is 2.79 bits per heavy atom. The van der Waals surface area contributed by atoms with Crippen LogP contribution in [0, 0.1) is 0 Å². The summed E-state index contributed by atoms with van der Waals surface area (Å²) >= 11 is 1.30. The van der Waals surface area contributed by atoms with Gasteiger partial charge in [-0.15, -0.1) is 11.3 Å². The molecule has 3 aromatic rings. The first-order chi connectivity index (χ1) is 16.5. The van der Waals surface area contributed by atoms with Crippen LogP contribution in [0.4, 0.5) is 5.13 Å². The Balaban J connectivity index is 1.31. The van der Waals surface area contributed by atoms with E-state index in [0.717, 1.165) is 24.2 Å². The Morgan fingerprint density at radius 1 is 1.18 bits per heavy atom. The zero-order valence-corrected chi connectivity index (χ0v) is 19.4. The Kier molecular flexibility index (Phi) is 6.12. The molecule has 0 bridgehead atoms. The van der Waals surface area contributed by atoms with Gasteiger partial charge in [0.25, 0.3) is 17.7 Å². The number of carbonyl (C=O) groups is 3. The topological polar surface area (TPSA) is 97.8 Å². The van der Waals surface area contributed by atoms with E-state index < -0.39 is 11.8 Å². The molecule has 1 aromatic heterocycles. The molecule has 0 spiro atoms. The number of hydrogen-bond acceptors (Lipinski definition) is 7. The van der Waals surface area contributed by atoms with Crippen LogP contribution < -0.4 is 10.1 Å². The van der Waals surface area contributed by atoms with Crippen molar-refractivity contribution < 1.29 is 23.9 Å². The monoisotopic (exact) mass is 477 g/mol. The van der Waals surface area contributed by atoms with Gasteiger partial charge < -0.3 is 9.47 Å². The highest BCUT2D eigenvalue weighted by atomic mass is 32.1. The van der Waals surface area contributed by atoms with Crippen molar-refractivity contribution in [3.8, 4) is 17.0 Å². The maximum Gasteiger partial charge on any atom is 0.261 e. The number of thiazole rings is 1. The molecule has 3 heterocycles. The van der Waals surface area contributed by atoms with Gasteiger partial charge in [-0.25, -0.2) is 4.98 Å². The predicted octanol–water partition coefficient (Wildman–Crippen LogP) is 4.24. The van der Waals surface area contributed by atoms with Crippen LogP contribution in [0.2, 0.25) is 0 Å². The van der Waals surface area contributed by atoms with Crippen LogP contribution in [-0.2, 0) is 4.74 Å². The molecule has 2 aromatic carbocycles. The number of anilines is 1. The lowest BCUT2D eigenvalue weighted by Crippen LogP contribution is -2.36. The zero-order chi connectivity index (χ0) is 23.7. The molecule has 5 rings (SSSR count). The number of para-hydroxylation sites is 1. The second-order valence-electron chi connectivity index (χ2n) is 8.04. The van der Waals surface area contributed by atoms with Crippen LogP contribution in [0.5, 0.6) is 5.75 Å². The third-order valence-corrected chi connectivity index (χ3v) is 6.59. The van der Waals surface area contributed by atoms with E-state index in [1.54, 1.807) is 6.07 Å². The van der Waals surface area contributed by atoms with Crippen molar-refractivity contribution in [2.24, 2.45) is 0 Å². The van der Waals surface area contributed by atoms with Gasteiger partial charge in [0, 0.05) is 23.1 Å². The van der Waals surface area contributed by atoms with E-state index in [9.17, 15) is 14.4 Å². The summed E-state index contributed by atoms with van der Waals surface area (Å²) in [5.74, 6) is -0.420. The summed E-state index contributed by atoms with van der Waals surface area (Å²) in [6, 6.07) is 12.1. The number of nitrogens with one attached hydrogen (secondary N) is 1. The minimum Gasteiger partial charge on any atom is -0.493 e. The standard InChI is InChI=1S/C25H23N3O5S/c1-2-32-21-8-4-3-7-18(21)20-14-34-25(26-20)27-22(29)15-9-10-17-19(12-15)24(31)28(23(17)30)13-16-6-5-11-33-16/h3-4,7-10,12,14,16H,2,5-6,11,13H2,1H3,(H,26,27,29).